The molecule has 2 rings (SSSR count). The van der Waals surface area contributed by atoms with Crippen molar-refractivity contribution in [2.24, 2.45) is 0 Å². The molecule has 0 atom stereocenters. The lowest BCUT2D eigenvalue weighted by atomic mass is 10.0. The van der Waals surface area contributed by atoms with Gasteiger partial charge in [0.2, 0.25) is 0 Å². The number of carbonyl (C=O) groups excluding carboxylic acids is 1. The lowest BCUT2D eigenvalue weighted by molar-refractivity contribution is 0.0604. The van der Waals surface area contributed by atoms with Gasteiger partial charge in [0, 0.05) is 5.41 Å². The maximum absolute atomic E-state index is 11.4. The fourth-order valence-corrected chi connectivity index (χ4v) is 2.30. The van der Waals surface area contributed by atoms with E-state index >= 15 is 0 Å². The van der Waals surface area contributed by atoms with Crippen molar-refractivity contribution in [2.75, 3.05) is 12.8 Å². The molecule has 0 bridgehead atoms. The van der Waals surface area contributed by atoms with E-state index in [1.165, 1.54) is 18.4 Å². The zero-order valence-electron chi connectivity index (χ0n) is 8.16. The van der Waals surface area contributed by atoms with E-state index in [9.17, 15) is 4.79 Å². The van der Waals surface area contributed by atoms with Gasteiger partial charge >= 0.3 is 5.97 Å². The number of hydrogen-bond donors (Lipinski definition) is 1. The Kier molecular flexibility index (Phi) is 1.99. The van der Waals surface area contributed by atoms with E-state index in [2.05, 4.69) is 16.6 Å². The second-order valence-electron chi connectivity index (χ2n) is 3.78. The molecule has 0 unspecified atom stereocenters. The summed E-state index contributed by atoms with van der Waals surface area (Å²) in [5.41, 5.74) is 6.46. The Hall–Kier alpha value is -1.10. The van der Waals surface area contributed by atoms with Crippen molar-refractivity contribution in [1.82, 2.24) is 4.98 Å². The second-order valence-corrected chi connectivity index (χ2v) is 4.81. The predicted octanol–water partition coefficient (Wildman–Crippen LogP) is 1.56. The molecule has 0 amide bonds. The molecule has 1 aliphatic carbocycles. The lowest BCUT2D eigenvalue weighted by Gasteiger charge is -2.05. The summed E-state index contributed by atoms with van der Waals surface area (Å²) < 4.78 is 4.69. The standard InChI is InChI=1S/C9H12N2O2S/c1-9(3-4-9)6-5(7(12)13-2)14-8(10)11-6/h3-4H2,1-2H3,(H2,10,11). The van der Waals surface area contributed by atoms with Crippen molar-refractivity contribution in [3.63, 3.8) is 0 Å². The van der Waals surface area contributed by atoms with Crippen LogP contribution in [0.2, 0.25) is 0 Å². The van der Waals surface area contributed by atoms with Gasteiger partial charge in [0.05, 0.1) is 12.8 Å². The molecular formula is C9H12N2O2S. The summed E-state index contributed by atoms with van der Waals surface area (Å²) >= 11 is 1.21. The third-order valence-corrected chi connectivity index (χ3v) is 3.45. The van der Waals surface area contributed by atoms with E-state index in [0.717, 1.165) is 18.5 Å². The first kappa shape index (κ1) is 9.45. The summed E-state index contributed by atoms with van der Waals surface area (Å²) in [4.78, 5) is 16.2. The normalized spacial score (nSPS) is 17.9. The van der Waals surface area contributed by atoms with Crippen LogP contribution in [0.1, 0.15) is 35.1 Å². The van der Waals surface area contributed by atoms with Crippen LogP contribution < -0.4 is 5.73 Å². The minimum atomic E-state index is -0.331. The number of ether oxygens (including phenoxy) is 1. The van der Waals surface area contributed by atoms with Crippen LogP contribution in [0.25, 0.3) is 0 Å². The fourth-order valence-electron chi connectivity index (χ4n) is 1.40. The maximum atomic E-state index is 11.4. The Labute approximate surface area is 86.1 Å². The average molecular weight is 212 g/mol. The van der Waals surface area contributed by atoms with Crippen LogP contribution in [-0.2, 0) is 10.2 Å². The Morgan fingerprint density at radius 1 is 1.64 bits per heavy atom. The van der Waals surface area contributed by atoms with Gasteiger partial charge in [0.1, 0.15) is 4.88 Å². The second kappa shape index (κ2) is 2.95. The highest BCUT2D eigenvalue weighted by molar-refractivity contribution is 7.17. The molecule has 1 saturated carbocycles. The summed E-state index contributed by atoms with van der Waals surface area (Å²) in [5.74, 6) is -0.331. The van der Waals surface area contributed by atoms with Gasteiger partial charge in [-0.2, -0.15) is 0 Å². The molecule has 1 aromatic rings. The molecule has 1 aromatic heterocycles. The van der Waals surface area contributed by atoms with Crippen LogP contribution in [0.3, 0.4) is 0 Å². The molecule has 0 spiro atoms. The minimum absolute atomic E-state index is 0.0532. The first-order valence-electron chi connectivity index (χ1n) is 4.42. The van der Waals surface area contributed by atoms with Gasteiger partial charge in [-0.1, -0.05) is 18.3 Å². The summed E-state index contributed by atoms with van der Waals surface area (Å²) in [6.07, 6.45) is 2.14. The molecule has 76 valence electrons. The van der Waals surface area contributed by atoms with E-state index in [4.69, 9.17) is 5.73 Å². The van der Waals surface area contributed by atoms with Crippen molar-refractivity contribution in [3.8, 4) is 0 Å². The van der Waals surface area contributed by atoms with Gasteiger partial charge in [0.25, 0.3) is 0 Å². The highest BCUT2D eigenvalue weighted by Gasteiger charge is 2.44. The Morgan fingerprint density at radius 2 is 2.29 bits per heavy atom. The highest BCUT2D eigenvalue weighted by Crippen LogP contribution is 2.49. The number of thiazole rings is 1. The summed E-state index contributed by atoms with van der Waals surface area (Å²) in [7, 11) is 1.37. The summed E-state index contributed by atoms with van der Waals surface area (Å²) in [6.45, 7) is 2.09. The molecule has 14 heavy (non-hydrogen) atoms. The van der Waals surface area contributed by atoms with E-state index in [-0.39, 0.29) is 11.4 Å². The van der Waals surface area contributed by atoms with Gasteiger partial charge in [-0.3, -0.25) is 0 Å². The number of nitrogens with zero attached hydrogens (tertiary/aromatic N) is 1. The molecule has 0 aliphatic heterocycles. The zero-order chi connectivity index (χ0) is 10.3. The van der Waals surface area contributed by atoms with Crippen LogP contribution >= 0.6 is 11.3 Å². The van der Waals surface area contributed by atoms with E-state index in [1.54, 1.807) is 0 Å². The SMILES string of the molecule is COC(=O)c1sc(N)nc1C1(C)CC1. The van der Waals surface area contributed by atoms with Crippen LogP contribution in [0.15, 0.2) is 0 Å². The van der Waals surface area contributed by atoms with Crippen molar-refractivity contribution >= 4 is 22.4 Å². The molecule has 0 aromatic carbocycles. The van der Waals surface area contributed by atoms with Crippen molar-refractivity contribution in [3.05, 3.63) is 10.6 Å². The number of methoxy groups -OCH3 is 1. The largest absolute Gasteiger partial charge is 0.465 e. The van der Waals surface area contributed by atoms with E-state index in [0.29, 0.717) is 10.0 Å². The molecule has 2 N–H and O–H groups in total. The predicted molar refractivity (Wildman–Crippen MR) is 54.5 cm³/mol. The van der Waals surface area contributed by atoms with Gasteiger partial charge in [-0.15, -0.1) is 0 Å². The van der Waals surface area contributed by atoms with Gasteiger partial charge in [-0.25, -0.2) is 9.78 Å². The minimum Gasteiger partial charge on any atom is -0.465 e. The highest BCUT2D eigenvalue weighted by atomic mass is 32.1. The molecular weight excluding hydrogens is 200 g/mol. The number of hydrogen-bond acceptors (Lipinski definition) is 5. The van der Waals surface area contributed by atoms with Crippen LogP contribution in [0, 0.1) is 0 Å². The van der Waals surface area contributed by atoms with Crippen molar-refractivity contribution in [1.29, 1.82) is 0 Å². The Bertz CT molecular complexity index is 382. The third-order valence-electron chi connectivity index (χ3n) is 2.59. The number of nitrogens with two attached hydrogens (primary N) is 1. The zero-order valence-corrected chi connectivity index (χ0v) is 8.98. The molecule has 0 saturated heterocycles. The maximum Gasteiger partial charge on any atom is 0.350 e. The van der Waals surface area contributed by atoms with Crippen molar-refractivity contribution in [2.45, 2.75) is 25.2 Å². The number of rotatable bonds is 2. The number of anilines is 1. The van der Waals surface area contributed by atoms with Gasteiger partial charge in [-0.05, 0) is 12.8 Å². The van der Waals surface area contributed by atoms with E-state index in [1.807, 2.05) is 0 Å². The number of carbonyl (C=O) groups is 1. The monoisotopic (exact) mass is 212 g/mol. The quantitative estimate of drug-likeness (QED) is 0.755. The van der Waals surface area contributed by atoms with E-state index < -0.39 is 0 Å². The average Bonchev–Trinajstić information content (AvgIpc) is 2.77. The molecule has 0 radical (unpaired) electrons. The molecule has 4 nitrogen and oxygen atoms in total. The molecule has 1 fully saturated rings. The Balaban J connectivity index is 2.43. The fraction of sp³-hybridized carbons (Fsp3) is 0.556. The third kappa shape index (κ3) is 1.37. The topological polar surface area (TPSA) is 65.2 Å². The van der Waals surface area contributed by atoms with Crippen LogP contribution in [0.4, 0.5) is 5.13 Å². The summed E-state index contributed by atoms with van der Waals surface area (Å²) in [6, 6.07) is 0. The first-order valence-corrected chi connectivity index (χ1v) is 5.23. The van der Waals surface area contributed by atoms with Gasteiger partial charge in [0.15, 0.2) is 5.13 Å². The van der Waals surface area contributed by atoms with Crippen LogP contribution in [0.5, 0.6) is 0 Å². The lowest BCUT2D eigenvalue weighted by Crippen LogP contribution is -2.09. The summed E-state index contributed by atoms with van der Waals surface area (Å²) in [5, 5.41) is 0.438. The smallest absolute Gasteiger partial charge is 0.350 e. The first-order chi connectivity index (χ1) is 6.57. The van der Waals surface area contributed by atoms with Gasteiger partial charge < -0.3 is 10.5 Å². The number of nitrogen functional groups attached to an aromatic ring is 1. The Morgan fingerprint density at radius 3 is 2.79 bits per heavy atom. The molecule has 1 heterocycles. The number of aromatic nitrogens is 1. The molecule has 1 aliphatic rings. The van der Waals surface area contributed by atoms with Crippen LogP contribution in [-0.4, -0.2) is 18.1 Å². The van der Waals surface area contributed by atoms with Crippen molar-refractivity contribution < 1.29 is 9.53 Å². The molecule has 5 heteroatoms. The number of esters is 1.